The van der Waals surface area contributed by atoms with Gasteiger partial charge in [-0.15, -0.1) is 0 Å². The number of aromatic nitrogens is 3. The number of halogens is 3. The number of piperidine rings is 1. The van der Waals surface area contributed by atoms with E-state index in [-0.39, 0.29) is 42.5 Å². The summed E-state index contributed by atoms with van der Waals surface area (Å²) in [7, 11) is 0. The fourth-order valence-electron chi connectivity index (χ4n) is 4.82. The van der Waals surface area contributed by atoms with Gasteiger partial charge < -0.3 is 19.5 Å². The Morgan fingerprint density at radius 1 is 1.22 bits per heavy atom. The maximum Gasteiger partial charge on any atom is 0.416 e. The van der Waals surface area contributed by atoms with Crippen LogP contribution in [0.25, 0.3) is 5.65 Å². The summed E-state index contributed by atoms with van der Waals surface area (Å²) >= 11 is 3.39. The van der Waals surface area contributed by atoms with Crippen LogP contribution in [0.3, 0.4) is 0 Å². The van der Waals surface area contributed by atoms with Gasteiger partial charge in [0.1, 0.15) is 28.7 Å². The molecule has 2 aromatic heterocycles. The predicted octanol–water partition coefficient (Wildman–Crippen LogP) is 7.06. The fourth-order valence-corrected chi connectivity index (χ4v) is 5.16. The Hall–Kier alpha value is -3.48. The Labute approximate surface area is 245 Å². The maximum absolute atomic E-state index is 16.8. The topological polar surface area (TPSA) is 110 Å². The van der Waals surface area contributed by atoms with E-state index in [1.807, 2.05) is 20.8 Å². The zero-order chi connectivity index (χ0) is 30.3. The number of alkyl halides is 1. The third-order valence-corrected chi connectivity index (χ3v) is 7.28. The van der Waals surface area contributed by atoms with E-state index in [1.165, 1.54) is 39.9 Å². The van der Waals surface area contributed by atoms with Crippen molar-refractivity contribution in [3.8, 4) is 11.6 Å². The van der Waals surface area contributed by atoms with Gasteiger partial charge in [-0.05, 0) is 54.2 Å². The van der Waals surface area contributed by atoms with Crippen molar-refractivity contribution >= 4 is 39.6 Å². The average Bonchev–Trinajstić information content (AvgIpc) is 3.21. The molecule has 3 heterocycles. The summed E-state index contributed by atoms with van der Waals surface area (Å²) in [5.41, 5.74) is -3.17. The summed E-state index contributed by atoms with van der Waals surface area (Å²) < 4.78 is 44.0. The molecule has 41 heavy (non-hydrogen) atoms. The number of hydrogen-bond acceptors (Lipinski definition) is 6. The van der Waals surface area contributed by atoms with Crippen LogP contribution < -0.4 is 9.64 Å². The summed E-state index contributed by atoms with van der Waals surface area (Å²) in [6.45, 7) is 10.2. The first-order valence-electron chi connectivity index (χ1n) is 13.1. The van der Waals surface area contributed by atoms with Gasteiger partial charge in [-0.2, -0.15) is 14.6 Å². The number of carbonyl (C=O) groups excluding carboxylic acids is 1. The van der Waals surface area contributed by atoms with E-state index < -0.39 is 47.3 Å². The molecule has 1 aliphatic heterocycles. The number of carboxylic acid groups (broad SMARTS) is 1. The minimum atomic E-state index is -1.97. The number of likely N-dealkylation sites (tertiary alicyclic amines) is 1. The first-order chi connectivity index (χ1) is 19.0. The normalized spacial score (nSPS) is 19.7. The van der Waals surface area contributed by atoms with E-state index in [0.29, 0.717) is 4.47 Å². The van der Waals surface area contributed by atoms with Crippen LogP contribution in [0.4, 0.5) is 24.2 Å². The van der Waals surface area contributed by atoms with E-state index in [0.717, 1.165) is 4.90 Å². The molecule has 1 N–H and O–H groups in total. The van der Waals surface area contributed by atoms with Crippen molar-refractivity contribution in [3.63, 3.8) is 0 Å². The first-order valence-corrected chi connectivity index (χ1v) is 13.9. The van der Waals surface area contributed by atoms with Crippen molar-refractivity contribution in [2.75, 3.05) is 18.0 Å². The van der Waals surface area contributed by atoms with Crippen LogP contribution in [0, 0.1) is 11.2 Å². The Bertz CT molecular complexity index is 1450. The summed E-state index contributed by atoms with van der Waals surface area (Å²) in [6, 6.07) is 6.25. The number of fused-ring (bicyclic) bond motifs is 1. The highest BCUT2D eigenvalue weighted by atomic mass is 79.9. The van der Waals surface area contributed by atoms with E-state index in [2.05, 4.69) is 26.0 Å². The Morgan fingerprint density at radius 2 is 1.93 bits per heavy atom. The highest BCUT2D eigenvalue weighted by Crippen LogP contribution is 2.40. The Balaban J connectivity index is 1.80. The molecule has 1 fully saturated rings. The van der Waals surface area contributed by atoms with E-state index in [1.54, 1.807) is 26.8 Å². The number of ether oxygens (including phenoxy) is 2. The number of benzene rings is 1. The van der Waals surface area contributed by atoms with Crippen molar-refractivity contribution in [1.29, 1.82) is 0 Å². The predicted molar refractivity (Wildman–Crippen MR) is 152 cm³/mol. The van der Waals surface area contributed by atoms with Gasteiger partial charge in [-0.3, -0.25) is 4.90 Å². The second-order valence-electron chi connectivity index (χ2n) is 12.3. The lowest BCUT2D eigenvalue weighted by Gasteiger charge is -2.47. The van der Waals surface area contributed by atoms with Gasteiger partial charge in [0.2, 0.25) is 5.88 Å². The van der Waals surface area contributed by atoms with Gasteiger partial charge in [0.25, 0.3) is 0 Å². The minimum absolute atomic E-state index is 0.00836. The molecular weight excluding hydrogens is 604 g/mol. The third kappa shape index (κ3) is 7.06. The molecule has 0 spiro atoms. The molecule has 2 atom stereocenters. The second-order valence-corrected chi connectivity index (χ2v) is 13.1. The molecule has 1 aliphatic rings. The summed E-state index contributed by atoms with van der Waals surface area (Å²) in [6.07, 6.45) is -0.747. The molecular formula is C28H34BrF2N5O5. The summed E-state index contributed by atoms with van der Waals surface area (Å²) in [5, 5.41) is 14.1. The second kappa shape index (κ2) is 11.1. The molecule has 2 unspecified atom stereocenters. The van der Waals surface area contributed by atoms with Crippen LogP contribution in [0.5, 0.6) is 11.6 Å². The first kappa shape index (κ1) is 30.5. The van der Waals surface area contributed by atoms with Crippen molar-refractivity contribution in [2.24, 2.45) is 5.41 Å². The monoisotopic (exact) mass is 637 g/mol. The fraction of sp³-hybridized carbons (Fsp3) is 0.500. The molecule has 4 rings (SSSR count). The third-order valence-electron chi connectivity index (χ3n) is 6.72. The smallest absolute Gasteiger partial charge is 0.416 e. The van der Waals surface area contributed by atoms with Crippen molar-refractivity contribution in [2.45, 2.75) is 71.7 Å². The van der Waals surface area contributed by atoms with Crippen molar-refractivity contribution < 1.29 is 33.0 Å². The van der Waals surface area contributed by atoms with E-state index >= 15 is 4.39 Å². The molecule has 0 radical (unpaired) electrons. The van der Waals surface area contributed by atoms with Gasteiger partial charge in [-0.1, -0.05) is 26.8 Å². The molecule has 1 saturated heterocycles. The molecule has 0 saturated carbocycles. The number of rotatable bonds is 5. The zero-order valence-corrected chi connectivity index (χ0v) is 25.4. The SMILES string of the molecule is CC(C)(C)OC(=O)N(CC1(F)CCN(C(=O)O)C(C(C)(C)C)C1)c1cc(Oc2cccc(F)c2)nc2c(Br)cnn12. The van der Waals surface area contributed by atoms with Gasteiger partial charge in [0, 0.05) is 37.6 Å². The largest absolute Gasteiger partial charge is 0.465 e. The van der Waals surface area contributed by atoms with Gasteiger partial charge in [0.05, 0.1) is 17.2 Å². The molecule has 3 aromatic rings. The average molecular weight is 639 g/mol. The highest BCUT2D eigenvalue weighted by Gasteiger charge is 2.48. The van der Waals surface area contributed by atoms with Crippen LogP contribution in [0.15, 0.2) is 41.0 Å². The van der Waals surface area contributed by atoms with Gasteiger partial charge >= 0.3 is 12.2 Å². The highest BCUT2D eigenvalue weighted by molar-refractivity contribution is 9.10. The van der Waals surface area contributed by atoms with Crippen LogP contribution in [0.1, 0.15) is 54.4 Å². The van der Waals surface area contributed by atoms with Crippen molar-refractivity contribution in [1.82, 2.24) is 19.5 Å². The molecule has 2 amide bonds. The molecule has 0 aliphatic carbocycles. The van der Waals surface area contributed by atoms with Crippen LogP contribution in [-0.4, -0.2) is 67.2 Å². The van der Waals surface area contributed by atoms with Crippen LogP contribution in [-0.2, 0) is 4.74 Å². The van der Waals surface area contributed by atoms with Crippen LogP contribution in [0.2, 0.25) is 0 Å². The summed E-state index contributed by atoms with van der Waals surface area (Å²) in [5.74, 6) is -0.228. The number of hydrogen-bond donors (Lipinski definition) is 1. The molecule has 13 heteroatoms. The quantitative estimate of drug-likeness (QED) is 0.319. The van der Waals surface area contributed by atoms with Crippen LogP contribution >= 0.6 is 15.9 Å². The van der Waals surface area contributed by atoms with Gasteiger partial charge in [0.15, 0.2) is 5.65 Å². The minimum Gasteiger partial charge on any atom is -0.465 e. The number of anilines is 1. The lowest BCUT2D eigenvalue weighted by atomic mass is 9.75. The Morgan fingerprint density at radius 3 is 2.54 bits per heavy atom. The van der Waals surface area contributed by atoms with E-state index in [4.69, 9.17) is 9.47 Å². The lowest BCUT2D eigenvalue weighted by molar-refractivity contribution is -0.0132. The van der Waals surface area contributed by atoms with E-state index in [9.17, 15) is 19.1 Å². The number of amides is 2. The number of nitrogens with zero attached hydrogens (tertiary/aromatic N) is 5. The lowest BCUT2D eigenvalue weighted by Crippen LogP contribution is -2.59. The van der Waals surface area contributed by atoms with Crippen molar-refractivity contribution in [3.05, 3.63) is 46.8 Å². The van der Waals surface area contributed by atoms with Gasteiger partial charge in [-0.25, -0.2) is 18.4 Å². The molecule has 0 bridgehead atoms. The molecule has 222 valence electrons. The zero-order valence-electron chi connectivity index (χ0n) is 23.8. The summed E-state index contributed by atoms with van der Waals surface area (Å²) in [4.78, 5) is 32.4. The molecule has 10 nitrogen and oxygen atoms in total. The molecule has 1 aromatic carbocycles. The Kier molecular flexibility index (Phi) is 8.23. The maximum atomic E-state index is 16.8. The number of carbonyl (C=O) groups is 2. The standard InChI is InChI=1S/C28H34BrF2N5O5/c1-26(2,3)20-14-28(31,10-11-34(20)24(37)38)16-35(25(39)41-27(4,5)6)22-13-21(33-23-19(29)15-32-36(22)23)40-18-9-7-8-17(30)12-18/h7-9,12-13,15,20H,10-11,14,16H2,1-6H3,(H,37,38).